The Morgan fingerprint density at radius 1 is 1.00 bits per heavy atom. The van der Waals surface area contributed by atoms with E-state index in [0.717, 1.165) is 58.6 Å². The summed E-state index contributed by atoms with van der Waals surface area (Å²) in [6.07, 6.45) is 4.17. The summed E-state index contributed by atoms with van der Waals surface area (Å²) >= 11 is 6.66. The van der Waals surface area contributed by atoms with Crippen molar-refractivity contribution in [2.24, 2.45) is 0 Å². The standard InChI is InChI=1S/C24H23ClN4O3/c25-23-19-3-1-2-4-21(19)26-22-15-16(5-10-20(22)23)24(30)28-13-11-27(12-14-28)17-6-8-18(9-7-17)29(31)32/h5-10,15H,1-4,11-14H2. The summed E-state index contributed by atoms with van der Waals surface area (Å²) in [5, 5.41) is 12.5. The number of pyridine rings is 1. The normalized spacial score (nSPS) is 16.2. The number of rotatable bonds is 3. The van der Waals surface area contributed by atoms with E-state index in [2.05, 4.69) is 4.90 Å². The zero-order valence-electron chi connectivity index (χ0n) is 17.6. The van der Waals surface area contributed by atoms with Crippen molar-refractivity contribution >= 4 is 39.8 Å². The lowest BCUT2D eigenvalue weighted by molar-refractivity contribution is -0.384. The van der Waals surface area contributed by atoms with E-state index in [1.807, 2.05) is 23.1 Å². The Morgan fingerprint density at radius 2 is 1.72 bits per heavy atom. The molecule has 5 rings (SSSR count). The van der Waals surface area contributed by atoms with Crippen molar-refractivity contribution < 1.29 is 9.72 Å². The predicted octanol–water partition coefficient (Wildman–Crippen LogP) is 4.64. The number of nitro groups is 1. The minimum atomic E-state index is -0.401. The number of anilines is 1. The van der Waals surface area contributed by atoms with Crippen molar-refractivity contribution in [1.82, 2.24) is 9.88 Å². The molecule has 2 aliphatic rings. The van der Waals surface area contributed by atoms with Crippen molar-refractivity contribution in [2.75, 3.05) is 31.1 Å². The lowest BCUT2D eigenvalue weighted by Gasteiger charge is -2.36. The lowest BCUT2D eigenvalue weighted by atomic mass is 9.94. The molecular weight excluding hydrogens is 428 g/mol. The highest BCUT2D eigenvalue weighted by molar-refractivity contribution is 6.36. The molecule has 1 amide bonds. The molecule has 8 heteroatoms. The highest BCUT2D eigenvalue weighted by Gasteiger charge is 2.24. The third-order valence-electron chi connectivity index (χ3n) is 6.43. The molecule has 32 heavy (non-hydrogen) atoms. The second-order valence-corrected chi connectivity index (χ2v) is 8.72. The third-order valence-corrected chi connectivity index (χ3v) is 6.86. The maximum atomic E-state index is 13.2. The number of non-ortho nitro benzene ring substituents is 1. The molecule has 1 aliphatic carbocycles. The van der Waals surface area contributed by atoms with Gasteiger partial charge in [0, 0.05) is 60.6 Å². The van der Waals surface area contributed by atoms with Crippen LogP contribution >= 0.6 is 11.6 Å². The molecule has 1 aromatic heterocycles. The van der Waals surface area contributed by atoms with E-state index in [9.17, 15) is 14.9 Å². The van der Waals surface area contributed by atoms with Gasteiger partial charge in [-0.05, 0) is 55.5 Å². The minimum Gasteiger partial charge on any atom is -0.368 e. The van der Waals surface area contributed by atoms with Crippen LogP contribution in [0, 0.1) is 10.1 Å². The van der Waals surface area contributed by atoms with Gasteiger partial charge in [0.1, 0.15) is 0 Å². The average Bonchev–Trinajstić information content (AvgIpc) is 2.83. The number of hydrogen-bond acceptors (Lipinski definition) is 5. The smallest absolute Gasteiger partial charge is 0.269 e. The molecule has 0 N–H and O–H groups in total. The van der Waals surface area contributed by atoms with Crippen molar-refractivity contribution in [3.63, 3.8) is 0 Å². The molecule has 1 saturated heterocycles. The van der Waals surface area contributed by atoms with Crippen molar-refractivity contribution in [3.05, 3.63) is 74.4 Å². The molecule has 2 heterocycles. The molecule has 7 nitrogen and oxygen atoms in total. The van der Waals surface area contributed by atoms with E-state index in [1.165, 1.54) is 12.1 Å². The summed E-state index contributed by atoms with van der Waals surface area (Å²) in [7, 11) is 0. The zero-order valence-corrected chi connectivity index (χ0v) is 18.3. The van der Waals surface area contributed by atoms with Crippen LogP contribution in [-0.2, 0) is 12.8 Å². The first-order valence-electron chi connectivity index (χ1n) is 10.9. The van der Waals surface area contributed by atoms with Crippen molar-refractivity contribution in [3.8, 4) is 0 Å². The summed E-state index contributed by atoms with van der Waals surface area (Å²) in [4.78, 5) is 32.4. The van der Waals surface area contributed by atoms with E-state index >= 15 is 0 Å². The number of aromatic nitrogens is 1. The number of piperazine rings is 1. The van der Waals surface area contributed by atoms with Crippen molar-refractivity contribution in [2.45, 2.75) is 25.7 Å². The maximum Gasteiger partial charge on any atom is 0.269 e. The Balaban J connectivity index is 1.31. The predicted molar refractivity (Wildman–Crippen MR) is 125 cm³/mol. The van der Waals surface area contributed by atoms with Crippen LogP contribution in [0.15, 0.2) is 42.5 Å². The van der Waals surface area contributed by atoms with E-state index in [1.54, 1.807) is 12.1 Å². The fraction of sp³-hybridized carbons (Fsp3) is 0.333. The lowest BCUT2D eigenvalue weighted by Crippen LogP contribution is -2.48. The number of halogens is 1. The van der Waals surface area contributed by atoms with Gasteiger partial charge in [0.05, 0.1) is 15.5 Å². The second kappa shape index (κ2) is 8.39. The fourth-order valence-corrected chi connectivity index (χ4v) is 5.00. The zero-order chi connectivity index (χ0) is 22.2. The van der Waals surface area contributed by atoms with Gasteiger partial charge in [-0.2, -0.15) is 0 Å². The summed E-state index contributed by atoms with van der Waals surface area (Å²) in [6, 6.07) is 12.2. The van der Waals surface area contributed by atoms with Crippen LogP contribution in [0.25, 0.3) is 10.9 Å². The van der Waals surface area contributed by atoms with Gasteiger partial charge in [-0.15, -0.1) is 0 Å². The van der Waals surface area contributed by atoms with E-state index in [4.69, 9.17) is 16.6 Å². The van der Waals surface area contributed by atoms with Gasteiger partial charge in [-0.25, -0.2) is 0 Å². The first kappa shape index (κ1) is 20.7. The van der Waals surface area contributed by atoms with Crippen LogP contribution in [0.5, 0.6) is 0 Å². The van der Waals surface area contributed by atoms with E-state index < -0.39 is 4.92 Å². The van der Waals surface area contributed by atoms with Crippen LogP contribution in [-0.4, -0.2) is 46.9 Å². The number of carbonyl (C=O) groups excluding carboxylic acids is 1. The molecule has 0 radical (unpaired) electrons. The number of amides is 1. The van der Waals surface area contributed by atoms with Gasteiger partial charge in [0.2, 0.25) is 0 Å². The van der Waals surface area contributed by atoms with Crippen LogP contribution < -0.4 is 4.90 Å². The SMILES string of the molecule is O=C(c1ccc2c(Cl)c3c(nc2c1)CCCC3)N1CCN(c2ccc([N+](=O)[O-])cc2)CC1. The Labute approximate surface area is 190 Å². The first-order chi connectivity index (χ1) is 15.5. The number of carbonyl (C=O) groups is 1. The number of hydrogen-bond donors (Lipinski definition) is 0. The molecule has 3 aromatic rings. The summed E-state index contributed by atoms with van der Waals surface area (Å²) in [6.45, 7) is 2.53. The molecule has 0 unspecified atom stereocenters. The first-order valence-corrected chi connectivity index (χ1v) is 11.3. The maximum absolute atomic E-state index is 13.2. The quantitative estimate of drug-likeness (QED) is 0.429. The summed E-state index contributed by atoms with van der Waals surface area (Å²) in [5.74, 6) is -0.00843. The fourth-order valence-electron chi connectivity index (χ4n) is 4.64. The highest BCUT2D eigenvalue weighted by atomic mass is 35.5. The molecule has 0 atom stereocenters. The van der Waals surface area contributed by atoms with Gasteiger partial charge in [0.25, 0.3) is 11.6 Å². The van der Waals surface area contributed by atoms with Gasteiger partial charge in [-0.3, -0.25) is 19.9 Å². The minimum absolute atomic E-state index is 0.00843. The molecule has 0 spiro atoms. The molecule has 1 aliphatic heterocycles. The van der Waals surface area contributed by atoms with Crippen molar-refractivity contribution in [1.29, 1.82) is 0 Å². The molecule has 0 saturated carbocycles. The second-order valence-electron chi connectivity index (χ2n) is 8.34. The van der Waals surface area contributed by atoms with Crippen LogP contribution in [0.1, 0.15) is 34.5 Å². The number of fused-ring (bicyclic) bond motifs is 2. The Bertz CT molecular complexity index is 1200. The van der Waals surface area contributed by atoms with Crippen LogP contribution in [0.3, 0.4) is 0 Å². The Kier molecular flexibility index (Phi) is 5.43. The van der Waals surface area contributed by atoms with Gasteiger partial charge in [0.15, 0.2) is 0 Å². The average molecular weight is 451 g/mol. The number of benzene rings is 2. The monoisotopic (exact) mass is 450 g/mol. The summed E-state index contributed by atoms with van der Waals surface area (Å²) < 4.78 is 0. The molecular formula is C24H23ClN4O3. The Hall–Kier alpha value is -3.19. The molecule has 164 valence electrons. The van der Waals surface area contributed by atoms with E-state index in [0.29, 0.717) is 31.7 Å². The number of nitro benzene ring substituents is 1. The van der Waals surface area contributed by atoms with Crippen LogP contribution in [0.2, 0.25) is 5.02 Å². The van der Waals surface area contributed by atoms with Crippen LogP contribution in [0.4, 0.5) is 11.4 Å². The molecule has 0 bridgehead atoms. The Morgan fingerprint density at radius 3 is 2.44 bits per heavy atom. The van der Waals surface area contributed by atoms with E-state index in [-0.39, 0.29) is 11.6 Å². The summed E-state index contributed by atoms with van der Waals surface area (Å²) in [5.41, 5.74) is 4.64. The highest BCUT2D eigenvalue weighted by Crippen LogP contribution is 2.33. The molecule has 2 aromatic carbocycles. The number of nitrogens with zero attached hydrogens (tertiary/aromatic N) is 4. The largest absolute Gasteiger partial charge is 0.368 e. The third kappa shape index (κ3) is 3.77. The molecule has 1 fully saturated rings. The van der Waals surface area contributed by atoms with Gasteiger partial charge < -0.3 is 9.80 Å². The topological polar surface area (TPSA) is 79.6 Å². The number of aryl methyl sites for hydroxylation is 1. The van der Waals surface area contributed by atoms with Gasteiger partial charge >= 0.3 is 0 Å². The van der Waals surface area contributed by atoms with Gasteiger partial charge in [-0.1, -0.05) is 17.7 Å².